The number of rotatable bonds is 21. The summed E-state index contributed by atoms with van der Waals surface area (Å²) >= 11 is 2.01. The van der Waals surface area contributed by atoms with Gasteiger partial charge in [0.25, 0.3) is 0 Å². The van der Waals surface area contributed by atoms with Gasteiger partial charge >= 0.3 is 59.1 Å². The molecule has 1 rings (SSSR count). The van der Waals surface area contributed by atoms with Gasteiger partial charge in [0.15, 0.2) is 7.60 Å². The van der Waals surface area contributed by atoms with Crippen molar-refractivity contribution < 1.29 is 87.7 Å². The van der Waals surface area contributed by atoms with Gasteiger partial charge in [-0.1, -0.05) is 90.4 Å². The van der Waals surface area contributed by atoms with Gasteiger partial charge in [0, 0.05) is 11.9 Å². The summed E-state index contributed by atoms with van der Waals surface area (Å²) in [6.07, 6.45) is 20.3. The van der Waals surface area contributed by atoms with E-state index in [1.54, 1.807) is 0 Å². The van der Waals surface area contributed by atoms with Gasteiger partial charge in [-0.15, -0.1) is 0 Å². The zero-order valence-electron chi connectivity index (χ0n) is 23.0. The molecule has 1 saturated carbocycles. The molecule has 0 aliphatic heterocycles. The first-order chi connectivity index (χ1) is 15.9. The van der Waals surface area contributed by atoms with Crippen molar-refractivity contribution in [3.05, 3.63) is 0 Å². The molecule has 1 aliphatic rings. The van der Waals surface area contributed by atoms with Crippen LogP contribution in [0.2, 0.25) is 0 Å². The van der Waals surface area contributed by atoms with Crippen molar-refractivity contribution in [2.45, 2.75) is 128 Å². The quantitative estimate of drug-likeness (QED) is 0.115. The molecule has 0 aromatic rings. The van der Waals surface area contributed by atoms with Gasteiger partial charge < -0.3 is 28.6 Å². The molecule has 0 aromatic carbocycles. The molecule has 1 aliphatic carbocycles. The molecule has 0 saturated heterocycles. The van der Waals surface area contributed by atoms with Gasteiger partial charge in [-0.2, -0.15) is 11.8 Å². The van der Waals surface area contributed by atoms with E-state index in [9.17, 15) is 19.4 Å². The van der Waals surface area contributed by atoms with E-state index in [4.69, 9.17) is 4.74 Å². The van der Waals surface area contributed by atoms with E-state index in [2.05, 4.69) is 18.4 Å². The minimum Gasteiger partial charge on any atom is -0.774 e. The Morgan fingerprint density at radius 3 is 2.29 bits per heavy atom. The molecular formula is C25H47Na2O6PS. The second-order valence-electron chi connectivity index (χ2n) is 9.49. The summed E-state index contributed by atoms with van der Waals surface area (Å²) in [4.78, 5) is 21.6. The summed E-state index contributed by atoms with van der Waals surface area (Å²) in [7, 11) is -4.91. The Kier molecular flexibility index (Phi) is 27.8. The molecule has 0 spiro atoms. The van der Waals surface area contributed by atoms with E-state index >= 15 is 0 Å². The van der Waals surface area contributed by atoms with Crippen molar-refractivity contribution in [2.24, 2.45) is 5.92 Å². The van der Waals surface area contributed by atoms with Gasteiger partial charge in [0.05, 0.1) is 12.7 Å². The van der Waals surface area contributed by atoms with Crippen LogP contribution < -0.4 is 69.1 Å². The predicted molar refractivity (Wildman–Crippen MR) is 134 cm³/mol. The summed E-state index contributed by atoms with van der Waals surface area (Å²) < 4.78 is 21.5. The van der Waals surface area contributed by atoms with Crippen molar-refractivity contribution in [3.8, 4) is 0 Å². The van der Waals surface area contributed by atoms with E-state index in [1.165, 1.54) is 89.9 Å². The fourth-order valence-corrected chi connectivity index (χ4v) is 6.33. The van der Waals surface area contributed by atoms with Crippen LogP contribution in [0, 0.1) is 5.92 Å². The molecule has 0 heterocycles. The third kappa shape index (κ3) is 20.5. The maximum Gasteiger partial charge on any atom is 1.00 e. The Labute approximate surface area is 263 Å². The number of hydrogen-bond acceptors (Lipinski definition) is 7. The summed E-state index contributed by atoms with van der Waals surface area (Å²) in [6, 6.07) is 0. The van der Waals surface area contributed by atoms with Crippen LogP contribution in [-0.4, -0.2) is 36.0 Å². The largest absolute Gasteiger partial charge is 1.00 e. The smallest absolute Gasteiger partial charge is 0.774 e. The number of thioether (sulfide) groups is 1. The molecule has 0 N–H and O–H groups in total. The topological polar surface area (TPSA) is 98.7 Å². The van der Waals surface area contributed by atoms with Crippen LogP contribution in [0.15, 0.2) is 0 Å². The van der Waals surface area contributed by atoms with Crippen LogP contribution in [0.25, 0.3) is 0 Å². The molecule has 1 fully saturated rings. The first-order valence-electron chi connectivity index (χ1n) is 13.3. The summed E-state index contributed by atoms with van der Waals surface area (Å²) in [5.41, 5.74) is -2.17. The fraction of sp³-hybridized carbons (Fsp3) is 0.960. The van der Waals surface area contributed by atoms with Crippen LogP contribution >= 0.6 is 19.4 Å². The number of carboxylic acid groups (broad SMARTS) is 1. The molecule has 1 unspecified atom stereocenters. The molecule has 3 atom stereocenters. The molecule has 0 amide bonds. The van der Waals surface area contributed by atoms with Gasteiger partial charge in [-0.3, -0.25) is 0 Å². The second-order valence-corrected chi connectivity index (χ2v) is 12.5. The van der Waals surface area contributed by atoms with Crippen LogP contribution in [0.1, 0.15) is 117 Å². The van der Waals surface area contributed by atoms with Crippen LogP contribution in [0.3, 0.4) is 0 Å². The summed E-state index contributed by atoms with van der Waals surface area (Å²) in [5.74, 6) is 2.13. The van der Waals surface area contributed by atoms with Gasteiger partial charge in [0.2, 0.25) is 0 Å². The van der Waals surface area contributed by atoms with Gasteiger partial charge in [0.1, 0.15) is 5.71 Å². The Morgan fingerprint density at radius 2 is 1.63 bits per heavy atom. The normalized spacial score (nSPS) is 17.6. The van der Waals surface area contributed by atoms with Crippen molar-refractivity contribution in [1.82, 2.24) is 0 Å². The maximum atomic E-state index is 11.1. The van der Waals surface area contributed by atoms with Crippen molar-refractivity contribution >= 4 is 25.1 Å². The second kappa shape index (κ2) is 24.9. The maximum absolute atomic E-state index is 11.1. The van der Waals surface area contributed by atoms with Crippen molar-refractivity contribution in [3.63, 3.8) is 0 Å². The molecule has 0 aromatic heterocycles. The monoisotopic (exact) mass is 552 g/mol. The van der Waals surface area contributed by atoms with Crippen LogP contribution in [0.5, 0.6) is 0 Å². The molecule has 6 nitrogen and oxygen atoms in total. The van der Waals surface area contributed by atoms with Crippen molar-refractivity contribution in [1.29, 1.82) is 0 Å². The Hall–Kier alpha value is 1.93. The number of unbranched alkanes of at least 4 members (excludes halogenated alkanes) is 6. The molecule has 0 radical (unpaired) electrons. The van der Waals surface area contributed by atoms with Gasteiger partial charge in [-0.25, -0.2) is 0 Å². The van der Waals surface area contributed by atoms with Crippen LogP contribution in [0.4, 0.5) is 4.79 Å². The summed E-state index contributed by atoms with van der Waals surface area (Å²) in [5, 5.41) is 10.9. The summed E-state index contributed by atoms with van der Waals surface area (Å²) in [6.45, 7) is 4.47. The minimum absolute atomic E-state index is 0. The molecule has 0 bridgehead atoms. The zero-order chi connectivity index (χ0) is 24.4. The van der Waals surface area contributed by atoms with Crippen molar-refractivity contribution in [2.75, 3.05) is 19.0 Å². The third-order valence-electron chi connectivity index (χ3n) is 6.58. The fourth-order valence-electron chi connectivity index (χ4n) is 4.50. The number of hydrogen-bond donors (Lipinski definition) is 0. The van der Waals surface area contributed by atoms with Gasteiger partial charge in [-0.05, 0) is 37.9 Å². The number of carbonyl (C=O) groups is 1. The number of carbonyl (C=O) groups excluding carboxylic acids is 1. The zero-order valence-corrected chi connectivity index (χ0v) is 28.7. The first-order valence-corrected chi connectivity index (χ1v) is 15.9. The Morgan fingerprint density at radius 1 is 0.971 bits per heavy atom. The van der Waals surface area contributed by atoms with Crippen LogP contribution in [-0.2, 0) is 13.8 Å². The average molecular weight is 553 g/mol. The standard InChI is InChI=1S/C25H49O6PS.2Na/c1-3-4-5-6-12-18-24(22(2)30-19-14-20-31-32(28,29)25(26)27)33-21-13-8-11-17-23-15-9-7-10-16-23;;/h22-24H,3-21H2,1-2H3,(H,26,27)(H,28,29);;/q;2*+1/p-2/t22-,24+;;/m0../s1. The molecule has 10 heteroatoms. The Balaban J connectivity index is 0. The predicted octanol–water partition coefficient (Wildman–Crippen LogP) is 0.306. The number of ether oxygens (including phenoxy) is 1. The third-order valence-corrected chi connectivity index (χ3v) is 9.12. The molecule has 196 valence electrons. The van der Waals surface area contributed by atoms with E-state index < -0.39 is 13.3 Å². The first kappa shape index (κ1) is 39.1. The van der Waals surface area contributed by atoms with E-state index in [0.29, 0.717) is 18.3 Å². The molecule has 35 heavy (non-hydrogen) atoms. The molecular weight excluding hydrogens is 505 g/mol. The average Bonchev–Trinajstić information content (AvgIpc) is 2.79. The van der Waals surface area contributed by atoms with E-state index in [-0.39, 0.29) is 71.8 Å². The van der Waals surface area contributed by atoms with E-state index in [0.717, 1.165) is 18.1 Å². The van der Waals surface area contributed by atoms with E-state index in [1.807, 2.05) is 11.8 Å². The minimum atomic E-state index is -4.91. The SMILES string of the molecule is CCCCCCC[C@@H](SCCCCCC1CCCCC1)[C@H](C)OCCCOP(=O)([O-])C(=O)[O-].[Na+].[Na+]. The Bertz CT molecular complexity index is 552.